The summed E-state index contributed by atoms with van der Waals surface area (Å²) < 4.78 is 36.6. The maximum Gasteiger partial charge on any atom is 0.261 e. The van der Waals surface area contributed by atoms with Gasteiger partial charge in [0.25, 0.3) is 9.05 Å². The number of benzene rings is 1. The maximum absolute atomic E-state index is 14.4. The summed E-state index contributed by atoms with van der Waals surface area (Å²) in [5.74, 6) is 1.13. The monoisotopic (exact) mass is 280 g/mol. The predicted molar refractivity (Wildman–Crippen MR) is 64.2 cm³/mol. The Kier molecular flexibility index (Phi) is 3.20. The molecule has 88 valence electrons. The van der Waals surface area contributed by atoms with Gasteiger partial charge >= 0.3 is 0 Å². The Morgan fingerprint density at radius 3 is 2.75 bits per heavy atom. The molecule has 1 aliphatic rings. The van der Waals surface area contributed by atoms with Gasteiger partial charge in [-0.05, 0) is 29.9 Å². The van der Waals surface area contributed by atoms with E-state index in [-0.39, 0.29) is 4.90 Å². The normalized spacial score (nSPS) is 25.9. The first-order valence-electron chi connectivity index (χ1n) is 4.74. The predicted octanol–water partition coefficient (Wildman–Crippen LogP) is 2.92. The molecule has 0 saturated carbocycles. The largest absolute Gasteiger partial charge is 0.261 e. The van der Waals surface area contributed by atoms with Crippen LogP contribution in [0, 0.1) is 0 Å². The van der Waals surface area contributed by atoms with Crippen LogP contribution < -0.4 is 0 Å². The zero-order chi connectivity index (χ0) is 11.8. The van der Waals surface area contributed by atoms with E-state index in [2.05, 4.69) is 0 Å². The van der Waals surface area contributed by atoms with E-state index < -0.39 is 14.7 Å². The highest BCUT2D eigenvalue weighted by atomic mass is 35.7. The summed E-state index contributed by atoms with van der Waals surface area (Å²) in [4.78, 5) is -0.0411. The van der Waals surface area contributed by atoms with Gasteiger partial charge in [0.15, 0.2) is 0 Å². The quantitative estimate of drug-likeness (QED) is 0.781. The van der Waals surface area contributed by atoms with Gasteiger partial charge in [0, 0.05) is 16.4 Å². The zero-order valence-corrected chi connectivity index (χ0v) is 10.7. The molecular formula is C10H10ClFO2S2. The molecule has 0 radical (unpaired) electrons. The van der Waals surface area contributed by atoms with Crippen molar-refractivity contribution in [3.8, 4) is 0 Å². The van der Waals surface area contributed by atoms with E-state index >= 15 is 0 Å². The standard InChI is InChI=1S/C10H10ClFO2S2/c11-16(13,14)9-3-1-2-8(6-9)10(12)4-5-15-7-10/h1-3,6H,4-5,7H2. The first-order chi connectivity index (χ1) is 7.42. The minimum atomic E-state index is -3.78. The van der Waals surface area contributed by atoms with Crippen LogP contribution in [-0.4, -0.2) is 19.9 Å². The van der Waals surface area contributed by atoms with Gasteiger partial charge in [-0.1, -0.05) is 12.1 Å². The SMILES string of the molecule is O=S(=O)(Cl)c1cccc(C2(F)CCSC2)c1. The molecular weight excluding hydrogens is 271 g/mol. The van der Waals surface area contributed by atoms with E-state index in [9.17, 15) is 12.8 Å². The van der Waals surface area contributed by atoms with Crippen LogP contribution >= 0.6 is 22.4 Å². The summed E-state index contributed by atoms with van der Waals surface area (Å²) in [7, 11) is 1.44. The van der Waals surface area contributed by atoms with Crippen molar-refractivity contribution in [3.05, 3.63) is 29.8 Å². The molecule has 1 aromatic carbocycles. The molecule has 0 bridgehead atoms. The summed E-state index contributed by atoms with van der Waals surface area (Å²) in [5, 5.41) is 0. The molecule has 16 heavy (non-hydrogen) atoms. The van der Waals surface area contributed by atoms with Crippen LogP contribution in [0.4, 0.5) is 4.39 Å². The third-order valence-electron chi connectivity index (χ3n) is 2.61. The van der Waals surface area contributed by atoms with Gasteiger partial charge in [0.2, 0.25) is 0 Å². The van der Waals surface area contributed by atoms with Crippen LogP contribution in [0.15, 0.2) is 29.2 Å². The first-order valence-corrected chi connectivity index (χ1v) is 8.20. The molecule has 2 nitrogen and oxygen atoms in total. The second kappa shape index (κ2) is 4.20. The van der Waals surface area contributed by atoms with Crippen LogP contribution in [0.5, 0.6) is 0 Å². The van der Waals surface area contributed by atoms with Crippen molar-refractivity contribution in [1.82, 2.24) is 0 Å². The highest BCUT2D eigenvalue weighted by Crippen LogP contribution is 2.40. The molecule has 1 heterocycles. The molecule has 1 unspecified atom stereocenters. The summed E-state index contributed by atoms with van der Waals surface area (Å²) in [6.45, 7) is 0. The van der Waals surface area contributed by atoms with E-state index in [1.165, 1.54) is 30.0 Å². The van der Waals surface area contributed by atoms with Gasteiger partial charge < -0.3 is 0 Å². The second-order valence-electron chi connectivity index (χ2n) is 3.73. The minimum absolute atomic E-state index is 0.0411. The van der Waals surface area contributed by atoms with Crippen LogP contribution in [0.2, 0.25) is 0 Å². The zero-order valence-electron chi connectivity index (χ0n) is 8.32. The van der Waals surface area contributed by atoms with Crippen molar-refractivity contribution in [2.75, 3.05) is 11.5 Å². The lowest BCUT2D eigenvalue weighted by Crippen LogP contribution is -2.19. The number of alkyl halides is 1. The fourth-order valence-corrected chi connectivity index (χ4v) is 3.74. The van der Waals surface area contributed by atoms with Gasteiger partial charge in [-0.15, -0.1) is 0 Å². The van der Waals surface area contributed by atoms with Gasteiger partial charge in [-0.3, -0.25) is 0 Å². The number of thioether (sulfide) groups is 1. The molecule has 1 aromatic rings. The van der Waals surface area contributed by atoms with Gasteiger partial charge in [0.1, 0.15) is 5.67 Å². The van der Waals surface area contributed by atoms with E-state index in [0.29, 0.717) is 17.7 Å². The van der Waals surface area contributed by atoms with Crippen LogP contribution in [0.3, 0.4) is 0 Å². The molecule has 0 N–H and O–H groups in total. The molecule has 1 fully saturated rings. The van der Waals surface area contributed by atoms with Gasteiger partial charge in [-0.25, -0.2) is 12.8 Å². The molecule has 0 aliphatic carbocycles. The van der Waals surface area contributed by atoms with Crippen molar-refractivity contribution in [2.24, 2.45) is 0 Å². The van der Waals surface area contributed by atoms with Gasteiger partial charge in [0.05, 0.1) is 4.90 Å². The lowest BCUT2D eigenvalue weighted by molar-refractivity contribution is 0.202. The van der Waals surface area contributed by atoms with Gasteiger partial charge in [-0.2, -0.15) is 11.8 Å². The Balaban J connectivity index is 2.44. The Hall–Kier alpha value is -0.260. The lowest BCUT2D eigenvalue weighted by Gasteiger charge is -2.18. The molecule has 6 heteroatoms. The highest BCUT2D eigenvalue weighted by Gasteiger charge is 2.36. The van der Waals surface area contributed by atoms with E-state index in [0.717, 1.165) is 5.75 Å². The molecule has 2 rings (SSSR count). The third-order valence-corrected chi connectivity index (χ3v) is 5.11. The van der Waals surface area contributed by atoms with E-state index in [4.69, 9.17) is 10.7 Å². The van der Waals surface area contributed by atoms with Crippen molar-refractivity contribution >= 4 is 31.5 Å². The highest BCUT2D eigenvalue weighted by molar-refractivity contribution is 8.13. The number of halogens is 2. The van der Waals surface area contributed by atoms with Crippen molar-refractivity contribution in [1.29, 1.82) is 0 Å². The Morgan fingerprint density at radius 1 is 1.44 bits per heavy atom. The van der Waals surface area contributed by atoms with Crippen LogP contribution in [0.25, 0.3) is 0 Å². The third kappa shape index (κ3) is 2.36. The van der Waals surface area contributed by atoms with Crippen molar-refractivity contribution < 1.29 is 12.8 Å². The molecule has 0 spiro atoms. The Morgan fingerprint density at radius 2 is 2.19 bits per heavy atom. The smallest absolute Gasteiger partial charge is 0.238 e. The second-order valence-corrected chi connectivity index (χ2v) is 7.40. The fourth-order valence-electron chi connectivity index (χ4n) is 1.69. The minimum Gasteiger partial charge on any atom is -0.238 e. The lowest BCUT2D eigenvalue weighted by atomic mass is 9.95. The number of rotatable bonds is 2. The summed E-state index contributed by atoms with van der Waals surface area (Å²) in [6.07, 6.45) is 0.420. The molecule has 1 aliphatic heterocycles. The Labute approximate surface area is 103 Å². The number of hydrogen-bond acceptors (Lipinski definition) is 3. The fraction of sp³-hybridized carbons (Fsp3) is 0.400. The van der Waals surface area contributed by atoms with Crippen molar-refractivity contribution in [2.45, 2.75) is 17.0 Å². The average Bonchev–Trinajstić information content (AvgIpc) is 2.66. The Bertz CT molecular complexity index is 495. The summed E-state index contributed by atoms with van der Waals surface area (Å²) in [6, 6.07) is 5.83. The van der Waals surface area contributed by atoms with Crippen molar-refractivity contribution in [3.63, 3.8) is 0 Å². The van der Waals surface area contributed by atoms with Crippen LogP contribution in [-0.2, 0) is 14.7 Å². The first kappa shape index (κ1) is 12.2. The molecule has 1 atom stereocenters. The average molecular weight is 281 g/mol. The molecule has 1 saturated heterocycles. The summed E-state index contributed by atoms with van der Waals surface area (Å²) >= 11 is 1.53. The van der Waals surface area contributed by atoms with E-state index in [1.54, 1.807) is 6.07 Å². The molecule has 0 aromatic heterocycles. The maximum atomic E-state index is 14.4. The summed E-state index contributed by atoms with van der Waals surface area (Å²) in [5.41, 5.74) is -1.01. The molecule has 0 amide bonds. The van der Waals surface area contributed by atoms with Crippen LogP contribution in [0.1, 0.15) is 12.0 Å². The van der Waals surface area contributed by atoms with E-state index in [1.807, 2.05) is 0 Å². The number of hydrogen-bond donors (Lipinski definition) is 0. The topological polar surface area (TPSA) is 34.1 Å².